The van der Waals surface area contributed by atoms with Crippen LogP contribution in [0.25, 0.3) is 0 Å². The Balaban J connectivity index is 3.25. The van der Waals surface area contributed by atoms with Gasteiger partial charge in [-0.05, 0) is 31.9 Å². The average molecular weight is 429 g/mol. The van der Waals surface area contributed by atoms with E-state index in [2.05, 4.69) is 33.9 Å². The molecule has 0 amide bonds. The highest BCUT2D eigenvalue weighted by atomic mass is 28.4. The standard InChI is InChI=1S/C26H56O2Si/c1-6-8-9-10-11-12-13-14-15-16-17-18-19-20-21-22-24-27-29(4,5)28-25-23-26(3)7-2/h26H,6-25H2,1-5H3. The zero-order valence-corrected chi connectivity index (χ0v) is 22.0. The summed E-state index contributed by atoms with van der Waals surface area (Å²) in [5.74, 6) is 0.764. The second-order valence-corrected chi connectivity index (χ2v) is 13.1. The molecule has 0 fully saturated rings. The Morgan fingerprint density at radius 2 is 0.931 bits per heavy atom. The lowest BCUT2D eigenvalue weighted by Gasteiger charge is -2.23. The van der Waals surface area contributed by atoms with Crippen LogP contribution in [0.2, 0.25) is 13.1 Å². The molecule has 0 heterocycles. The minimum absolute atomic E-state index is 0.764. The molecule has 0 saturated heterocycles. The van der Waals surface area contributed by atoms with E-state index in [1.54, 1.807) is 0 Å². The van der Waals surface area contributed by atoms with Crippen LogP contribution in [0.1, 0.15) is 136 Å². The van der Waals surface area contributed by atoms with Crippen molar-refractivity contribution in [3.05, 3.63) is 0 Å². The first-order valence-electron chi connectivity index (χ1n) is 13.3. The average Bonchev–Trinajstić information content (AvgIpc) is 2.70. The Kier molecular flexibility index (Phi) is 21.5. The van der Waals surface area contributed by atoms with Gasteiger partial charge in [-0.3, -0.25) is 0 Å². The summed E-state index contributed by atoms with van der Waals surface area (Å²) in [4.78, 5) is 0. The van der Waals surface area contributed by atoms with E-state index in [1.807, 2.05) is 0 Å². The van der Waals surface area contributed by atoms with Crippen molar-refractivity contribution in [2.24, 2.45) is 5.92 Å². The quantitative estimate of drug-likeness (QED) is 0.119. The third-order valence-electron chi connectivity index (χ3n) is 6.20. The summed E-state index contributed by atoms with van der Waals surface area (Å²) in [5.41, 5.74) is 0. The summed E-state index contributed by atoms with van der Waals surface area (Å²) >= 11 is 0. The predicted molar refractivity (Wildman–Crippen MR) is 133 cm³/mol. The van der Waals surface area contributed by atoms with E-state index < -0.39 is 8.56 Å². The molecule has 3 heteroatoms. The molecule has 0 saturated carbocycles. The minimum Gasteiger partial charge on any atom is -0.395 e. The second kappa shape index (κ2) is 21.4. The molecule has 0 spiro atoms. The Bertz CT molecular complexity index is 320. The fraction of sp³-hybridized carbons (Fsp3) is 1.00. The molecule has 0 bridgehead atoms. The first-order valence-corrected chi connectivity index (χ1v) is 16.1. The number of hydrogen-bond donors (Lipinski definition) is 0. The molecular formula is C26H56O2Si. The van der Waals surface area contributed by atoms with E-state index >= 15 is 0 Å². The molecule has 1 atom stereocenters. The van der Waals surface area contributed by atoms with Gasteiger partial charge in [-0.25, -0.2) is 0 Å². The topological polar surface area (TPSA) is 18.5 Å². The highest BCUT2D eigenvalue weighted by Crippen LogP contribution is 2.15. The van der Waals surface area contributed by atoms with Gasteiger partial charge in [-0.2, -0.15) is 0 Å². The molecule has 0 rings (SSSR count). The van der Waals surface area contributed by atoms with Crippen molar-refractivity contribution in [2.45, 2.75) is 149 Å². The minimum atomic E-state index is -1.89. The van der Waals surface area contributed by atoms with E-state index in [-0.39, 0.29) is 0 Å². The van der Waals surface area contributed by atoms with E-state index in [0.717, 1.165) is 25.6 Å². The number of hydrogen-bond acceptors (Lipinski definition) is 2. The smallest absolute Gasteiger partial charge is 0.331 e. The monoisotopic (exact) mass is 428 g/mol. The first-order chi connectivity index (χ1) is 14.0. The van der Waals surface area contributed by atoms with E-state index in [9.17, 15) is 0 Å². The van der Waals surface area contributed by atoms with Gasteiger partial charge >= 0.3 is 8.56 Å². The summed E-state index contributed by atoms with van der Waals surface area (Å²) in [6.45, 7) is 13.0. The Morgan fingerprint density at radius 3 is 1.34 bits per heavy atom. The maximum absolute atomic E-state index is 6.08. The summed E-state index contributed by atoms with van der Waals surface area (Å²) < 4.78 is 12.1. The molecule has 0 aliphatic rings. The molecule has 176 valence electrons. The van der Waals surface area contributed by atoms with Gasteiger partial charge in [0.2, 0.25) is 0 Å². The van der Waals surface area contributed by atoms with Gasteiger partial charge in [0.1, 0.15) is 0 Å². The summed E-state index contributed by atoms with van der Waals surface area (Å²) in [6.07, 6.45) is 25.0. The lowest BCUT2D eigenvalue weighted by atomic mass is 10.0. The molecule has 0 aromatic carbocycles. The summed E-state index contributed by atoms with van der Waals surface area (Å²) in [5, 5.41) is 0. The summed E-state index contributed by atoms with van der Waals surface area (Å²) in [7, 11) is -1.89. The SMILES string of the molecule is CCCCCCCCCCCCCCCCCCO[Si](C)(C)OCCC(C)CC. The Morgan fingerprint density at radius 1 is 0.552 bits per heavy atom. The third kappa shape index (κ3) is 22.6. The van der Waals surface area contributed by atoms with Crippen molar-refractivity contribution < 1.29 is 8.85 Å². The van der Waals surface area contributed by atoms with Crippen molar-refractivity contribution in [3.8, 4) is 0 Å². The predicted octanol–water partition coefficient (Wildman–Crippen LogP) is 9.42. The van der Waals surface area contributed by atoms with Gasteiger partial charge in [-0.15, -0.1) is 0 Å². The van der Waals surface area contributed by atoms with E-state index in [4.69, 9.17) is 8.85 Å². The maximum atomic E-state index is 6.08. The fourth-order valence-electron chi connectivity index (χ4n) is 3.72. The van der Waals surface area contributed by atoms with Gasteiger partial charge in [0.25, 0.3) is 0 Å². The van der Waals surface area contributed by atoms with Crippen LogP contribution in [-0.4, -0.2) is 21.8 Å². The van der Waals surface area contributed by atoms with Crippen molar-refractivity contribution in [1.82, 2.24) is 0 Å². The van der Waals surface area contributed by atoms with Crippen LogP contribution < -0.4 is 0 Å². The normalized spacial score (nSPS) is 13.1. The zero-order valence-electron chi connectivity index (χ0n) is 21.0. The number of rotatable bonds is 23. The van der Waals surface area contributed by atoms with E-state index in [1.165, 1.54) is 109 Å². The van der Waals surface area contributed by atoms with Crippen LogP contribution in [0.3, 0.4) is 0 Å². The van der Waals surface area contributed by atoms with Gasteiger partial charge in [0.15, 0.2) is 0 Å². The Hall–Kier alpha value is 0.137. The third-order valence-corrected chi connectivity index (χ3v) is 8.00. The van der Waals surface area contributed by atoms with Crippen LogP contribution in [0.5, 0.6) is 0 Å². The second-order valence-electron chi connectivity index (χ2n) is 9.70. The zero-order chi connectivity index (χ0) is 21.6. The molecule has 0 aromatic rings. The van der Waals surface area contributed by atoms with Crippen molar-refractivity contribution in [1.29, 1.82) is 0 Å². The lowest BCUT2D eigenvalue weighted by molar-refractivity contribution is 0.166. The van der Waals surface area contributed by atoms with Crippen molar-refractivity contribution in [3.63, 3.8) is 0 Å². The molecule has 29 heavy (non-hydrogen) atoms. The first kappa shape index (κ1) is 29.1. The molecule has 2 nitrogen and oxygen atoms in total. The highest BCUT2D eigenvalue weighted by molar-refractivity contribution is 6.64. The molecule has 0 aliphatic heterocycles. The van der Waals surface area contributed by atoms with Crippen LogP contribution in [0.4, 0.5) is 0 Å². The number of unbranched alkanes of at least 4 members (excludes halogenated alkanes) is 15. The molecular weight excluding hydrogens is 372 g/mol. The van der Waals surface area contributed by atoms with Crippen molar-refractivity contribution >= 4 is 8.56 Å². The molecule has 0 aliphatic carbocycles. The molecule has 0 aromatic heterocycles. The fourth-order valence-corrected chi connectivity index (χ4v) is 5.05. The van der Waals surface area contributed by atoms with Gasteiger partial charge in [-0.1, -0.05) is 124 Å². The van der Waals surface area contributed by atoms with Crippen molar-refractivity contribution in [2.75, 3.05) is 13.2 Å². The molecule has 1 unspecified atom stereocenters. The highest BCUT2D eigenvalue weighted by Gasteiger charge is 2.24. The lowest BCUT2D eigenvalue weighted by Crippen LogP contribution is -2.35. The van der Waals surface area contributed by atoms with Gasteiger partial charge in [0, 0.05) is 13.2 Å². The van der Waals surface area contributed by atoms with E-state index in [0.29, 0.717) is 0 Å². The van der Waals surface area contributed by atoms with Crippen LogP contribution in [0.15, 0.2) is 0 Å². The van der Waals surface area contributed by atoms with Gasteiger partial charge < -0.3 is 8.85 Å². The largest absolute Gasteiger partial charge is 0.395 e. The molecule has 0 radical (unpaired) electrons. The maximum Gasteiger partial charge on any atom is 0.331 e. The Labute approximate surface area is 186 Å². The van der Waals surface area contributed by atoms with Gasteiger partial charge in [0.05, 0.1) is 0 Å². The molecule has 0 N–H and O–H groups in total. The van der Waals surface area contributed by atoms with Crippen LogP contribution >= 0.6 is 0 Å². The van der Waals surface area contributed by atoms with Crippen LogP contribution in [-0.2, 0) is 8.85 Å². The summed E-state index contributed by atoms with van der Waals surface area (Å²) in [6, 6.07) is 0. The van der Waals surface area contributed by atoms with Crippen LogP contribution in [0, 0.1) is 5.92 Å².